The van der Waals surface area contributed by atoms with E-state index in [2.05, 4.69) is 10.2 Å². The lowest BCUT2D eigenvalue weighted by molar-refractivity contribution is -0.141. The first-order valence-electron chi connectivity index (χ1n) is 9.61. The molecule has 0 aliphatic carbocycles. The van der Waals surface area contributed by atoms with Crippen LogP contribution in [0.2, 0.25) is 0 Å². The van der Waals surface area contributed by atoms with Crippen LogP contribution in [0.5, 0.6) is 0 Å². The first-order valence-corrected chi connectivity index (χ1v) is 10.6. The Morgan fingerprint density at radius 2 is 1.57 bits per heavy atom. The zero-order chi connectivity index (χ0) is 20.8. The van der Waals surface area contributed by atoms with Crippen LogP contribution in [-0.4, -0.2) is 26.5 Å². The van der Waals surface area contributed by atoms with E-state index in [-0.39, 0.29) is 18.3 Å². The number of benzene rings is 3. The molecule has 30 heavy (non-hydrogen) atoms. The van der Waals surface area contributed by atoms with Crippen molar-refractivity contribution < 1.29 is 9.53 Å². The van der Waals surface area contributed by atoms with E-state index in [0.29, 0.717) is 5.16 Å². The van der Waals surface area contributed by atoms with Gasteiger partial charge in [0.1, 0.15) is 6.61 Å². The lowest BCUT2D eigenvalue weighted by Crippen LogP contribution is -2.08. The SMILES string of the molecule is Cc1ccc(-c2nnc(SCC(=O)OCc3ccccc3)n2-c2ccccc2)cc1. The largest absolute Gasteiger partial charge is 0.460 e. The summed E-state index contributed by atoms with van der Waals surface area (Å²) in [6, 6.07) is 27.7. The predicted octanol–water partition coefficient (Wildman–Crippen LogP) is 5.08. The maximum atomic E-state index is 12.3. The number of esters is 1. The third-order valence-corrected chi connectivity index (χ3v) is 5.42. The van der Waals surface area contributed by atoms with Crippen LogP contribution in [-0.2, 0) is 16.1 Å². The summed E-state index contributed by atoms with van der Waals surface area (Å²) < 4.78 is 7.35. The first kappa shape index (κ1) is 19.9. The maximum absolute atomic E-state index is 12.3. The van der Waals surface area contributed by atoms with Crippen LogP contribution in [0.15, 0.2) is 90.1 Å². The Morgan fingerprint density at radius 1 is 0.900 bits per heavy atom. The Hall–Kier alpha value is -3.38. The monoisotopic (exact) mass is 415 g/mol. The van der Waals surface area contributed by atoms with Gasteiger partial charge in [-0.15, -0.1) is 10.2 Å². The van der Waals surface area contributed by atoms with Crippen LogP contribution in [0.25, 0.3) is 17.1 Å². The van der Waals surface area contributed by atoms with Crippen LogP contribution in [0, 0.1) is 6.92 Å². The second-order valence-corrected chi connectivity index (χ2v) is 7.72. The predicted molar refractivity (Wildman–Crippen MR) is 118 cm³/mol. The van der Waals surface area contributed by atoms with E-state index in [0.717, 1.165) is 22.6 Å². The molecule has 5 nitrogen and oxygen atoms in total. The second-order valence-electron chi connectivity index (χ2n) is 6.78. The van der Waals surface area contributed by atoms with Crippen molar-refractivity contribution in [2.45, 2.75) is 18.7 Å². The molecule has 0 fully saturated rings. The average molecular weight is 416 g/mol. The lowest BCUT2D eigenvalue weighted by Gasteiger charge is -2.10. The van der Waals surface area contributed by atoms with Gasteiger partial charge in [-0.2, -0.15) is 0 Å². The zero-order valence-corrected chi connectivity index (χ0v) is 17.4. The molecule has 0 unspecified atom stereocenters. The van der Waals surface area contributed by atoms with Gasteiger partial charge in [-0.3, -0.25) is 9.36 Å². The van der Waals surface area contributed by atoms with E-state index in [9.17, 15) is 4.79 Å². The summed E-state index contributed by atoms with van der Waals surface area (Å²) in [5, 5.41) is 9.40. The molecule has 4 rings (SSSR count). The molecular weight excluding hydrogens is 394 g/mol. The molecule has 0 saturated heterocycles. The normalized spacial score (nSPS) is 10.7. The Labute approximate surface area is 179 Å². The lowest BCUT2D eigenvalue weighted by atomic mass is 10.1. The van der Waals surface area contributed by atoms with Crippen molar-refractivity contribution >= 4 is 17.7 Å². The van der Waals surface area contributed by atoms with Gasteiger partial charge in [0.15, 0.2) is 11.0 Å². The number of thioether (sulfide) groups is 1. The van der Waals surface area contributed by atoms with Crippen LogP contribution >= 0.6 is 11.8 Å². The minimum atomic E-state index is -0.289. The standard InChI is InChI=1S/C24H21N3O2S/c1-18-12-14-20(15-13-18)23-25-26-24(27(23)21-10-6-3-7-11-21)30-17-22(28)29-16-19-8-4-2-5-9-19/h2-15H,16-17H2,1H3. The molecule has 0 radical (unpaired) electrons. The molecule has 0 bridgehead atoms. The molecule has 0 saturated carbocycles. The fraction of sp³-hybridized carbons (Fsp3) is 0.125. The molecule has 4 aromatic rings. The minimum absolute atomic E-state index is 0.158. The number of hydrogen-bond acceptors (Lipinski definition) is 5. The highest BCUT2D eigenvalue weighted by atomic mass is 32.2. The summed E-state index contributed by atoms with van der Waals surface area (Å²) >= 11 is 1.32. The molecule has 1 aromatic heterocycles. The van der Waals surface area contributed by atoms with Crippen LogP contribution in [0.4, 0.5) is 0 Å². The van der Waals surface area contributed by atoms with Crippen molar-refractivity contribution in [3.8, 4) is 17.1 Å². The van der Waals surface area contributed by atoms with Crippen LogP contribution < -0.4 is 0 Å². The zero-order valence-electron chi connectivity index (χ0n) is 16.6. The molecule has 0 amide bonds. The number of rotatable bonds is 7. The highest BCUT2D eigenvalue weighted by molar-refractivity contribution is 7.99. The number of nitrogens with zero attached hydrogens (tertiary/aromatic N) is 3. The molecule has 0 spiro atoms. The van der Waals surface area contributed by atoms with Gasteiger partial charge in [0.2, 0.25) is 0 Å². The number of carbonyl (C=O) groups excluding carboxylic acids is 1. The van der Waals surface area contributed by atoms with Crippen molar-refractivity contribution in [2.75, 3.05) is 5.75 Å². The first-order chi connectivity index (χ1) is 14.7. The number of aryl methyl sites for hydroxylation is 1. The molecule has 0 aliphatic heterocycles. The third kappa shape index (κ3) is 4.78. The fourth-order valence-corrected chi connectivity index (χ4v) is 3.72. The Morgan fingerprint density at radius 3 is 2.27 bits per heavy atom. The summed E-state index contributed by atoms with van der Waals surface area (Å²) in [6.07, 6.45) is 0. The molecule has 1 heterocycles. The summed E-state index contributed by atoms with van der Waals surface area (Å²) in [5.41, 5.74) is 4.05. The maximum Gasteiger partial charge on any atom is 0.316 e. The minimum Gasteiger partial charge on any atom is -0.460 e. The van der Waals surface area contributed by atoms with Crippen molar-refractivity contribution in [2.24, 2.45) is 0 Å². The highest BCUT2D eigenvalue weighted by Gasteiger charge is 2.17. The van der Waals surface area contributed by atoms with Crippen LogP contribution in [0.1, 0.15) is 11.1 Å². The average Bonchev–Trinajstić information content (AvgIpc) is 3.22. The van der Waals surface area contributed by atoms with E-state index < -0.39 is 0 Å². The van der Waals surface area contributed by atoms with E-state index in [4.69, 9.17) is 4.74 Å². The number of carbonyl (C=O) groups is 1. The van der Waals surface area contributed by atoms with Crippen molar-refractivity contribution in [1.82, 2.24) is 14.8 Å². The van der Waals surface area contributed by atoms with E-state index in [1.165, 1.54) is 17.3 Å². The Kier molecular flexibility index (Phi) is 6.25. The van der Waals surface area contributed by atoms with Gasteiger partial charge in [-0.25, -0.2) is 0 Å². The summed E-state index contributed by atoms with van der Waals surface area (Å²) in [5.74, 6) is 0.607. The quantitative estimate of drug-likeness (QED) is 0.311. The number of para-hydroxylation sites is 1. The number of hydrogen-bond donors (Lipinski definition) is 0. The van der Waals surface area contributed by atoms with Gasteiger partial charge in [0, 0.05) is 11.3 Å². The van der Waals surface area contributed by atoms with Gasteiger partial charge < -0.3 is 4.74 Å². The van der Waals surface area contributed by atoms with Crippen molar-refractivity contribution in [3.05, 3.63) is 96.1 Å². The van der Waals surface area contributed by atoms with Gasteiger partial charge in [0.25, 0.3) is 0 Å². The molecule has 0 N–H and O–H groups in total. The van der Waals surface area contributed by atoms with Gasteiger partial charge in [0.05, 0.1) is 5.75 Å². The van der Waals surface area contributed by atoms with E-state index >= 15 is 0 Å². The van der Waals surface area contributed by atoms with Crippen molar-refractivity contribution in [1.29, 1.82) is 0 Å². The number of aromatic nitrogens is 3. The second kappa shape index (κ2) is 9.41. The van der Waals surface area contributed by atoms with E-state index in [1.54, 1.807) is 0 Å². The van der Waals surface area contributed by atoms with Gasteiger partial charge >= 0.3 is 5.97 Å². The molecular formula is C24H21N3O2S. The number of ether oxygens (including phenoxy) is 1. The fourth-order valence-electron chi connectivity index (χ4n) is 2.97. The topological polar surface area (TPSA) is 57.0 Å². The smallest absolute Gasteiger partial charge is 0.316 e. The molecule has 6 heteroatoms. The Balaban J connectivity index is 1.53. The summed E-state index contributed by atoms with van der Waals surface area (Å²) in [4.78, 5) is 12.3. The summed E-state index contributed by atoms with van der Waals surface area (Å²) in [7, 11) is 0. The third-order valence-electron chi connectivity index (χ3n) is 4.52. The molecule has 150 valence electrons. The van der Waals surface area contributed by atoms with Crippen molar-refractivity contribution in [3.63, 3.8) is 0 Å². The van der Waals surface area contributed by atoms with Gasteiger partial charge in [-0.05, 0) is 24.6 Å². The van der Waals surface area contributed by atoms with E-state index in [1.807, 2.05) is 96.4 Å². The van der Waals surface area contributed by atoms with Gasteiger partial charge in [-0.1, -0.05) is 90.1 Å². The molecule has 0 atom stereocenters. The Bertz CT molecular complexity index is 1110. The van der Waals surface area contributed by atoms with Crippen LogP contribution in [0.3, 0.4) is 0 Å². The summed E-state index contributed by atoms with van der Waals surface area (Å²) in [6.45, 7) is 2.31. The molecule has 0 aliphatic rings. The molecule has 3 aromatic carbocycles. The highest BCUT2D eigenvalue weighted by Crippen LogP contribution is 2.28.